The number of aromatic nitrogens is 4. The van der Waals surface area contributed by atoms with Crippen molar-refractivity contribution >= 4 is 5.95 Å². The molecule has 1 aliphatic heterocycles. The summed E-state index contributed by atoms with van der Waals surface area (Å²) < 4.78 is 1.70. The molecule has 1 aliphatic rings. The molecule has 1 fully saturated rings. The van der Waals surface area contributed by atoms with E-state index in [9.17, 15) is 0 Å². The van der Waals surface area contributed by atoms with Gasteiger partial charge in [-0.15, -0.1) is 0 Å². The normalized spacial score (nSPS) is 18.4. The monoisotopic (exact) mass is 211 g/mol. The Hall–Kier alpha value is -1.17. The van der Waals surface area contributed by atoms with Crippen molar-refractivity contribution in [3.05, 3.63) is 0 Å². The third-order valence-electron chi connectivity index (χ3n) is 3.03. The van der Waals surface area contributed by atoms with Gasteiger partial charge in [-0.2, -0.15) is 0 Å². The van der Waals surface area contributed by atoms with Crippen LogP contribution in [0.5, 0.6) is 0 Å². The predicted molar refractivity (Wildman–Crippen MR) is 55.4 cm³/mol. The molecule has 0 radical (unpaired) electrons. The first-order valence-electron chi connectivity index (χ1n) is 5.39. The van der Waals surface area contributed by atoms with Gasteiger partial charge in [-0.3, -0.25) is 0 Å². The topological polar surface area (TPSA) is 67.1 Å². The summed E-state index contributed by atoms with van der Waals surface area (Å²) in [5.41, 5.74) is 0. The van der Waals surface area contributed by atoms with Gasteiger partial charge in [-0.05, 0) is 35.6 Å². The summed E-state index contributed by atoms with van der Waals surface area (Å²) in [5, 5.41) is 20.3. The van der Waals surface area contributed by atoms with Crippen LogP contribution in [-0.4, -0.2) is 45.0 Å². The minimum atomic E-state index is 0.302. The lowest BCUT2D eigenvalue weighted by molar-refractivity contribution is 0.240. The number of piperidine rings is 1. The Bertz CT molecular complexity index is 305. The van der Waals surface area contributed by atoms with Crippen LogP contribution in [0, 0.1) is 5.92 Å². The molecule has 1 N–H and O–H groups in total. The lowest BCUT2D eigenvalue weighted by atomic mass is 9.94. The molecule has 2 heterocycles. The molecule has 84 valence electrons. The van der Waals surface area contributed by atoms with E-state index in [-0.39, 0.29) is 0 Å². The van der Waals surface area contributed by atoms with Crippen molar-refractivity contribution < 1.29 is 5.11 Å². The zero-order valence-corrected chi connectivity index (χ0v) is 9.00. The van der Waals surface area contributed by atoms with Crippen molar-refractivity contribution in [3.8, 4) is 0 Å². The van der Waals surface area contributed by atoms with Crippen LogP contribution in [0.4, 0.5) is 5.95 Å². The maximum Gasteiger partial charge on any atom is 0.245 e. The van der Waals surface area contributed by atoms with E-state index >= 15 is 0 Å². The molecular weight excluding hydrogens is 194 g/mol. The molecule has 6 nitrogen and oxygen atoms in total. The molecule has 15 heavy (non-hydrogen) atoms. The van der Waals surface area contributed by atoms with Gasteiger partial charge in [-0.1, -0.05) is 5.10 Å². The van der Waals surface area contributed by atoms with Gasteiger partial charge in [0.1, 0.15) is 0 Å². The van der Waals surface area contributed by atoms with E-state index in [1.807, 2.05) is 7.05 Å². The van der Waals surface area contributed by atoms with Crippen molar-refractivity contribution in [2.75, 3.05) is 24.6 Å². The maximum atomic E-state index is 8.86. The highest BCUT2D eigenvalue weighted by Crippen LogP contribution is 2.22. The second-order valence-electron chi connectivity index (χ2n) is 4.05. The van der Waals surface area contributed by atoms with E-state index in [2.05, 4.69) is 20.4 Å². The molecule has 2 rings (SSSR count). The number of aryl methyl sites for hydroxylation is 1. The second kappa shape index (κ2) is 4.57. The van der Waals surface area contributed by atoms with Crippen LogP contribution in [0.2, 0.25) is 0 Å². The van der Waals surface area contributed by atoms with Crippen molar-refractivity contribution in [2.45, 2.75) is 19.3 Å². The number of hydrogen-bond donors (Lipinski definition) is 1. The average molecular weight is 211 g/mol. The third-order valence-corrected chi connectivity index (χ3v) is 3.03. The van der Waals surface area contributed by atoms with Crippen LogP contribution < -0.4 is 4.90 Å². The molecule has 1 saturated heterocycles. The van der Waals surface area contributed by atoms with Gasteiger partial charge in [-0.25, -0.2) is 4.68 Å². The Morgan fingerprint density at radius 1 is 1.40 bits per heavy atom. The van der Waals surface area contributed by atoms with Gasteiger partial charge in [0, 0.05) is 26.7 Å². The van der Waals surface area contributed by atoms with E-state index in [4.69, 9.17) is 5.11 Å². The molecule has 0 bridgehead atoms. The zero-order valence-electron chi connectivity index (χ0n) is 9.00. The highest BCUT2D eigenvalue weighted by atomic mass is 16.3. The summed E-state index contributed by atoms with van der Waals surface area (Å²) in [5.74, 6) is 1.50. The molecule has 0 unspecified atom stereocenters. The van der Waals surface area contributed by atoms with Gasteiger partial charge >= 0.3 is 0 Å². The molecule has 0 aromatic carbocycles. The van der Waals surface area contributed by atoms with Crippen LogP contribution in [0.25, 0.3) is 0 Å². The fourth-order valence-electron chi connectivity index (χ4n) is 2.10. The molecule has 0 spiro atoms. The van der Waals surface area contributed by atoms with E-state index in [1.54, 1.807) is 4.68 Å². The first-order chi connectivity index (χ1) is 7.31. The maximum absolute atomic E-state index is 8.86. The third kappa shape index (κ3) is 2.26. The van der Waals surface area contributed by atoms with Crippen LogP contribution >= 0.6 is 0 Å². The van der Waals surface area contributed by atoms with Crippen LogP contribution in [0.3, 0.4) is 0 Å². The highest BCUT2D eigenvalue weighted by Gasteiger charge is 2.21. The largest absolute Gasteiger partial charge is 0.396 e. The van der Waals surface area contributed by atoms with E-state index < -0.39 is 0 Å². The number of anilines is 1. The first kappa shape index (κ1) is 10.4. The smallest absolute Gasteiger partial charge is 0.245 e. The van der Waals surface area contributed by atoms with Crippen LogP contribution in [0.15, 0.2) is 0 Å². The number of aliphatic hydroxyl groups is 1. The Morgan fingerprint density at radius 3 is 2.67 bits per heavy atom. The minimum absolute atomic E-state index is 0.302. The van der Waals surface area contributed by atoms with Gasteiger partial charge in [0.25, 0.3) is 0 Å². The summed E-state index contributed by atoms with van der Waals surface area (Å²) in [6.07, 6.45) is 3.16. The number of rotatable bonds is 3. The Balaban J connectivity index is 1.91. The number of tetrazole rings is 1. The fourth-order valence-corrected chi connectivity index (χ4v) is 2.10. The summed E-state index contributed by atoms with van der Waals surface area (Å²) >= 11 is 0. The fraction of sp³-hybridized carbons (Fsp3) is 0.889. The molecule has 0 saturated carbocycles. The zero-order chi connectivity index (χ0) is 10.7. The lowest BCUT2D eigenvalue weighted by Crippen LogP contribution is -2.35. The second-order valence-corrected chi connectivity index (χ2v) is 4.05. The number of hydrogen-bond acceptors (Lipinski definition) is 5. The van der Waals surface area contributed by atoms with Gasteiger partial charge in [0.05, 0.1) is 0 Å². The lowest BCUT2D eigenvalue weighted by Gasteiger charge is -2.31. The van der Waals surface area contributed by atoms with Crippen molar-refractivity contribution in [1.82, 2.24) is 20.2 Å². The van der Waals surface area contributed by atoms with Crippen LogP contribution in [-0.2, 0) is 7.05 Å². The molecule has 1 aromatic rings. The minimum Gasteiger partial charge on any atom is -0.396 e. The average Bonchev–Trinajstić information content (AvgIpc) is 2.66. The van der Waals surface area contributed by atoms with Crippen molar-refractivity contribution in [2.24, 2.45) is 13.0 Å². The summed E-state index contributed by atoms with van der Waals surface area (Å²) in [6.45, 7) is 2.27. The first-order valence-corrected chi connectivity index (χ1v) is 5.39. The SMILES string of the molecule is Cn1nnnc1N1CCC(CCO)CC1. The molecule has 0 amide bonds. The number of aliphatic hydroxyl groups excluding tert-OH is 1. The Labute approximate surface area is 88.9 Å². The number of nitrogens with zero attached hydrogens (tertiary/aromatic N) is 5. The standard InChI is InChI=1S/C9H17N5O/c1-13-9(10-11-12-13)14-5-2-8(3-6-14)4-7-15/h8,15H,2-7H2,1H3. The molecular formula is C9H17N5O. The van der Waals surface area contributed by atoms with Crippen LogP contribution in [0.1, 0.15) is 19.3 Å². The molecule has 1 aromatic heterocycles. The Morgan fingerprint density at radius 2 is 2.13 bits per heavy atom. The van der Waals surface area contributed by atoms with E-state index in [0.29, 0.717) is 12.5 Å². The summed E-state index contributed by atoms with van der Waals surface area (Å²) in [6, 6.07) is 0. The molecule has 0 atom stereocenters. The molecule has 0 aliphatic carbocycles. The van der Waals surface area contributed by atoms with Gasteiger partial charge in [0.2, 0.25) is 5.95 Å². The van der Waals surface area contributed by atoms with E-state index in [1.165, 1.54) is 0 Å². The quantitative estimate of drug-likeness (QED) is 0.750. The Kier molecular flexibility index (Phi) is 3.15. The van der Waals surface area contributed by atoms with Gasteiger partial charge < -0.3 is 10.0 Å². The highest BCUT2D eigenvalue weighted by molar-refractivity contribution is 5.28. The summed E-state index contributed by atoms with van der Waals surface area (Å²) in [7, 11) is 1.86. The molecule has 6 heteroatoms. The van der Waals surface area contributed by atoms with Crippen molar-refractivity contribution in [3.63, 3.8) is 0 Å². The van der Waals surface area contributed by atoms with Crippen molar-refractivity contribution in [1.29, 1.82) is 0 Å². The predicted octanol–water partition coefficient (Wildman–Crippen LogP) is -0.191. The summed E-state index contributed by atoms with van der Waals surface area (Å²) in [4.78, 5) is 2.20. The van der Waals surface area contributed by atoms with E-state index in [0.717, 1.165) is 38.3 Å². The van der Waals surface area contributed by atoms with Gasteiger partial charge in [0.15, 0.2) is 0 Å².